The minimum Gasteiger partial charge on any atom is -0.465 e. The van der Waals surface area contributed by atoms with Crippen molar-refractivity contribution >= 4 is 23.8 Å². The van der Waals surface area contributed by atoms with Gasteiger partial charge >= 0.3 is 18.1 Å². The molecule has 0 atom stereocenters. The molecular formula is C47H81NO9. The predicted molar refractivity (Wildman–Crippen MR) is 229 cm³/mol. The average molecular weight is 804 g/mol. The van der Waals surface area contributed by atoms with E-state index in [2.05, 4.69) is 27.7 Å². The summed E-state index contributed by atoms with van der Waals surface area (Å²) in [6.45, 7) is 8.53. The molecule has 0 heterocycles. The topological polar surface area (TPSA) is 131 Å². The predicted octanol–water partition coefficient (Wildman–Crippen LogP) is 14.0. The van der Waals surface area contributed by atoms with Crippen molar-refractivity contribution in [2.45, 2.75) is 207 Å². The lowest BCUT2D eigenvalue weighted by molar-refractivity contribution is -0.384. The van der Waals surface area contributed by atoms with E-state index in [4.69, 9.17) is 18.9 Å². The molecule has 0 spiro atoms. The van der Waals surface area contributed by atoms with Gasteiger partial charge in [0, 0.05) is 12.1 Å². The van der Waals surface area contributed by atoms with Gasteiger partial charge in [0.25, 0.3) is 5.69 Å². The van der Waals surface area contributed by atoms with Crippen LogP contribution in [0.5, 0.6) is 5.75 Å². The van der Waals surface area contributed by atoms with Gasteiger partial charge < -0.3 is 18.9 Å². The van der Waals surface area contributed by atoms with Crippen molar-refractivity contribution in [2.75, 3.05) is 19.8 Å². The lowest BCUT2D eigenvalue weighted by Gasteiger charge is -2.22. The van der Waals surface area contributed by atoms with Crippen LogP contribution in [0.4, 0.5) is 10.5 Å². The SMILES string of the molecule is CCCCCCCCC(CCCCCCCC)C(=O)OCC(COC(=O)Oc1ccc([N+](=O)[O-])cc1)COC(=O)C(CCCCCCCC)CCCCCCCC. The molecule has 10 nitrogen and oxygen atoms in total. The van der Waals surface area contributed by atoms with Gasteiger partial charge in [-0.05, 0) is 37.8 Å². The first kappa shape index (κ1) is 51.8. The Bertz CT molecular complexity index is 1070. The standard InChI is InChI=1S/C47H81NO9/c1-5-9-13-17-21-25-29-41(30-26-22-18-14-10-6-2)45(49)54-37-40(39-56-47(51)57-44-35-33-43(34-36-44)48(52)53)38-55-46(50)42(31-27-23-19-15-11-7-3)32-28-24-20-16-12-8-4/h33-36,40-42H,5-32,37-39H2,1-4H3. The van der Waals surface area contributed by atoms with E-state index in [1.165, 1.54) is 127 Å². The number of non-ortho nitro benzene ring substituents is 1. The van der Waals surface area contributed by atoms with Crippen molar-refractivity contribution in [3.05, 3.63) is 34.4 Å². The molecule has 1 aromatic rings. The van der Waals surface area contributed by atoms with Gasteiger partial charge in [0.15, 0.2) is 0 Å². The number of esters is 2. The van der Waals surface area contributed by atoms with Crippen LogP contribution in [0.15, 0.2) is 24.3 Å². The minimum absolute atomic E-state index is 0.0556. The number of ether oxygens (including phenoxy) is 4. The summed E-state index contributed by atoms with van der Waals surface area (Å²) in [5, 5.41) is 11.0. The molecule has 57 heavy (non-hydrogen) atoms. The molecule has 0 saturated heterocycles. The highest BCUT2D eigenvalue weighted by molar-refractivity contribution is 5.73. The van der Waals surface area contributed by atoms with E-state index in [-0.39, 0.29) is 55.0 Å². The van der Waals surface area contributed by atoms with Crippen LogP contribution >= 0.6 is 0 Å². The molecule has 1 rings (SSSR count). The van der Waals surface area contributed by atoms with Crippen molar-refractivity contribution in [1.82, 2.24) is 0 Å². The number of benzene rings is 1. The number of nitro benzene ring substituents is 1. The molecule has 10 heteroatoms. The summed E-state index contributed by atoms with van der Waals surface area (Å²) >= 11 is 0. The van der Waals surface area contributed by atoms with E-state index in [0.29, 0.717) is 0 Å². The normalized spacial score (nSPS) is 11.4. The first-order chi connectivity index (χ1) is 27.7. The minimum atomic E-state index is -1.00. The van der Waals surface area contributed by atoms with Crippen LogP contribution in [-0.4, -0.2) is 42.8 Å². The maximum Gasteiger partial charge on any atom is 0.513 e. The van der Waals surface area contributed by atoms with E-state index in [1.807, 2.05) is 0 Å². The molecule has 0 aliphatic rings. The lowest BCUT2D eigenvalue weighted by Crippen LogP contribution is -2.30. The highest BCUT2D eigenvalue weighted by atomic mass is 16.7. The molecule has 1 aromatic carbocycles. The van der Waals surface area contributed by atoms with Crippen molar-refractivity contribution in [1.29, 1.82) is 0 Å². The van der Waals surface area contributed by atoms with E-state index >= 15 is 0 Å². The Hall–Kier alpha value is -3.17. The molecule has 0 aliphatic heterocycles. The number of rotatable bonds is 38. The molecule has 0 aromatic heterocycles. The largest absolute Gasteiger partial charge is 0.513 e. The second-order valence-corrected chi connectivity index (χ2v) is 16.2. The first-order valence-corrected chi connectivity index (χ1v) is 23.2. The van der Waals surface area contributed by atoms with Gasteiger partial charge in [-0.3, -0.25) is 19.7 Å². The summed E-state index contributed by atoms with van der Waals surface area (Å²) in [6, 6.07) is 5.12. The van der Waals surface area contributed by atoms with E-state index in [1.54, 1.807) is 0 Å². The van der Waals surface area contributed by atoms with Gasteiger partial charge in [0.1, 0.15) is 25.6 Å². The van der Waals surface area contributed by atoms with Crippen molar-refractivity contribution in [3.63, 3.8) is 0 Å². The van der Waals surface area contributed by atoms with E-state index in [0.717, 1.165) is 77.0 Å². The van der Waals surface area contributed by atoms with Crippen LogP contribution in [-0.2, 0) is 23.8 Å². The van der Waals surface area contributed by atoms with Gasteiger partial charge in [-0.15, -0.1) is 0 Å². The monoisotopic (exact) mass is 804 g/mol. The third-order valence-electron chi connectivity index (χ3n) is 10.9. The Morgan fingerprint density at radius 2 is 0.807 bits per heavy atom. The number of unbranched alkanes of at least 4 members (excludes halogenated alkanes) is 20. The Kier molecular flexibility index (Phi) is 32.7. The summed E-state index contributed by atoms with van der Waals surface area (Å²) in [6.07, 6.45) is 29.8. The number of hydrogen-bond acceptors (Lipinski definition) is 9. The number of carbonyl (C=O) groups excluding carboxylic acids is 3. The maximum absolute atomic E-state index is 13.6. The van der Waals surface area contributed by atoms with Crippen molar-refractivity contribution in [3.8, 4) is 5.75 Å². The maximum atomic E-state index is 13.6. The van der Waals surface area contributed by atoms with Gasteiger partial charge in [0.2, 0.25) is 0 Å². The smallest absolute Gasteiger partial charge is 0.465 e. The zero-order chi connectivity index (χ0) is 41.8. The summed E-state index contributed by atoms with van der Waals surface area (Å²) in [4.78, 5) is 50.4. The van der Waals surface area contributed by atoms with Crippen LogP contribution in [0.2, 0.25) is 0 Å². The highest BCUT2D eigenvalue weighted by Gasteiger charge is 2.25. The molecule has 0 amide bonds. The van der Waals surface area contributed by atoms with Crippen molar-refractivity contribution < 1.29 is 38.3 Å². The van der Waals surface area contributed by atoms with Crippen LogP contribution in [0.25, 0.3) is 0 Å². The molecule has 0 aliphatic carbocycles. The Morgan fingerprint density at radius 1 is 0.491 bits per heavy atom. The van der Waals surface area contributed by atoms with Gasteiger partial charge in [-0.1, -0.05) is 182 Å². The summed E-state index contributed by atoms with van der Waals surface area (Å²) in [7, 11) is 0. The fraction of sp³-hybridized carbons (Fsp3) is 0.809. The molecule has 0 radical (unpaired) electrons. The summed E-state index contributed by atoms with van der Waals surface area (Å²) in [5.74, 6) is -1.37. The molecule has 0 saturated carbocycles. The van der Waals surface area contributed by atoms with E-state index in [9.17, 15) is 24.5 Å². The highest BCUT2D eigenvalue weighted by Crippen LogP contribution is 2.24. The fourth-order valence-corrected chi connectivity index (χ4v) is 7.17. The number of carbonyl (C=O) groups is 3. The molecule has 0 N–H and O–H groups in total. The molecule has 328 valence electrons. The number of hydrogen-bond donors (Lipinski definition) is 0. The van der Waals surface area contributed by atoms with Crippen LogP contribution in [0.1, 0.15) is 207 Å². The van der Waals surface area contributed by atoms with E-state index < -0.39 is 17.0 Å². The molecule has 0 unspecified atom stereocenters. The second-order valence-electron chi connectivity index (χ2n) is 16.2. The second kappa shape index (κ2) is 36.0. The zero-order valence-electron chi connectivity index (χ0n) is 36.6. The average Bonchev–Trinajstić information content (AvgIpc) is 3.20. The Morgan fingerprint density at radius 3 is 1.14 bits per heavy atom. The Balaban J connectivity index is 2.98. The van der Waals surface area contributed by atoms with Gasteiger partial charge in [0.05, 0.1) is 22.7 Å². The van der Waals surface area contributed by atoms with Crippen LogP contribution < -0.4 is 4.74 Å². The zero-order valence-corrected chi connectivity index (χ0v) is 36.6. The third kappa shape index (κ3) is 28.0. The quantitative estimate of drug-likeness (QED) is 0.0160. The Labute approximate surface area is 346 Å². The number of nitrogens with zero attached hydrogens (tertiary/aromatic N) is 1. The third-order valence-corrected chi connectivity index (χ3v) is 10.9. The molecule has 0 bridgehead atoms. The lowest BCUT2D eigenvalue weighted by atomic mass is 9.94. The van der Waals surface area contributed by atoms with Gasteiger partial charge in [-0.2, -0.15) is 0 Å². The molecule has 0 fully saturated rings. The van der Waals surface area contributed by atoms with Gasteiger partial charge in [-0.25, -0.2) is 4.79 Å². The van der Waals surface area contributed by atoms with Crippen LogP contribution in [0, 0.1) is 27.9 Å². The molecular weight excluding hydrogens is 723 g/mol. The van der Waals surface area contributed by atoms with Crippen molar-refractivity contribution in [2.24, 2.45) is 17.8 Å². The van der Waals surface area contributed by atoms with Crippen LogP contribution in [0.3, 0.4) is 0 Å². The number of nitro groups is 1. The summed E-state index contributed by atoms with van der Waals surface area (Å²) < 4.78 is 22.6. The summed E-state index contributed by atoms with van der Waals surface area (Å²) in [5.41, 5.74) is -0.128. The first-order valence-electron chi connectivity index (χ1n) is 23.2. The fourth-order valence-electron chi connectivity index (χ4n) is 7.17.